The molecule has 0 radical (unpaired) electrons. The SMILES string of the molecule is O=C(O)C1CC1C(=O)Nc1cc(F)ccc1SCC(F)F. The Morgan fingerprint density at radius 2 is 2.10 bits per heavy atom. The number of carboxylic acids is 1. The number of nitrogens with one attached hydrogen (secondary N) is 1. The number of rotatable bonds is 6. The van der Waals surface area contributed by atoms with Gasteiger partial charge in [-0.2, -0.15) is 0 Å². The summed E-state index contributed by atoms with van der Waals surface area (Å²) < 4.78 is 37.7. The third-order valence-electron chi connectivity index (χ3n) is 3.01. The van der Waals surface area contributed by atoms with E-state index in [1.165, 1.54) is 6.07 Å². The van der Waals surface area contributed by atoms with Gasteiger partial charge >= 0.3 is 5.97 Å². The van der Waals surface area contributed by atoms with Gasteiger partial charge < -0.3 is 10.4 Å². The van der Waals surface area contributed by atoms with Gasteiger partial charge in [-0.05, 0) is 24.6 Å². The zero-order valence-electron chi connectivity index (χ0n) is 10.7. The smallest absolute Gasteiger partial charge is 0.307 e. The van der Waals surface area contributed by atoms with Gasteiger partial charge in [0.2, 0.25) is 12.3 Å². The van der Waals surface area contributed by atoms with E-state index in [1.807, 2.05) is 0 Å². The lowest BCUT2D eigenvalue weighted by Crippen LogP contribution is -2.17. The molecular formula is C13H12F3NO3S. The molecule has 0 aromatic heterocycles. The van der Waals surface area contributed by atoms with Crippen molar-refractivity contribution < 1.29 is 27.9 Å². The molecule has 1 aromatic rings. The lowest BCUT2D eigenvalue weighted by molar-refractivity contribution is -0.139. The van der Waals surface area contributed by atoms with E-state index < -0.39 is 41.7 Å². The number of thioether (sulfide) groups is 1. The summed E-state index contributed by atoms with van der Waals surface area (Å²) in [4.78, 5) is 22.9. The zero-order chi connectivity index (χ0) is 15.6. The molecule has 2 atom stereocenters. The lowest BCUT2D eigenvalue weighted by Gasteiger charge is -2.10. The average Bonchev–Trinajstić information content (AvgIpc) is 3.17. The van der Waals surface area contributed by atoms with Gasteiger partial charge in [0.1, 0.15) is 5.82 Å². The third kappa shape index (κ3) is 4.13. The topological polar surface area (TPSA) is 66.4 Å². The molecule has 1 aliphatic rings. The number of carbonyl (C=O) groups excluding carboxylic acids is 1. The van der Waals surface area contributed by atoms with Gasteiger partial charge in [-0.1, -0.05) is 0 Å². The number of anilines is 1. The number of halogens is 3. The van der Waals surface area contributed by atoms with E-state index in [4.69, 9.17) is 5.11 Å². The van der Waals surface area contributed by atoms with Gasteiger partial charge in [0.05, 0.1) is 23.3 Å². The number of carbonyl (C=O) groups is 2. The molecule has 1 fully saturated rings. The fourth-order valence-corrected chi connectivity index (χ4v) is 2.60. The van der Waals surface area contributed by atoms with Crippen LogP contribution < -0.4 is 5.32 Å². The van der Waals surface area contributed by atoms with E-state index in [0.717, 1.165) is 23.9 Å². The second-order valence-electron chi connectivity index (χ2n) is 4.62. The number of hydrogen-bond donors (Lipinski definition) is 2. The molecule has 2 N–H and O–H groups in total. The van der Waals surface area contributed by atoms with Crippen molar-refractivity contribution in [1.29, 1.82) is 0 Å². The van der Waals surface area contributed by atoms with Crippen molar-refractivity contribution in [3.63, 3.8) is 0 Å². The molecule has 2 rings (SSSR count). The van der Waals surface area contributed by atoms with Crippen molar-refractivity contribution >= 4 is 29.3 Å². The average molecular weight is 319 g/mol. The van der Waals surface area contributed by atoms with E-state index in [2.05, 4.69) is 5.32 Å². The second-order valence-corrected chi connectivity index (χ2v) is 5.68. The molecule has 1 saturated carbocycles. The van der Waals surface area contributed by atoms with Gasteiger partial charge in [0, 0.05) is 4.90 Å². The van der Waals surface area contributed by atoms with Crippen LogP contribution in [0.4, 0.5) is 18.9 Å². The van der Waals surface area contributed by atoms with E-state index >= 15 is 0 Å². The Hall–Kier alpha value is -1.70. The van der Waals surface area contributed by atoms with Crippen LogP contribution in [0.3, 0.4) is 0 Å². The van der Waals surface area contributed by atoms with Crippen molar-refractivity contribution in [2.75, 3.05) is 11.1 Å². The minimum Gasteiger partial charge on any atom is -0.481 e. The Labute approximate surface area is 122 Å². The largest absolute Gasteiger partial charge is 0.481 e. The molecule has 0 spiro atoms. The molecule has 2 unspecified atom stereocenters. The van der Waals surface area contributed by atoms with Crippen LogP contribution in [0.1, 0.15) is 6.42 Å². The van der Waals surface area contributed by atoms with Crippen LogP contribution in [0.15, 0.2) is 23.1 Å². The van der Waals surface area contributed by atoms with E-state index in [-0.39, 0.29) is 12.1 Å². The predicted octanol–water partition coefficient (Wildman–Crippen LogP) is 2.84. The number of benzene rings is 1. The Balaban J connectivity index is 2.06. The predicted molar refractivity (Wildman–Crippen MR) is 71.0 cm³/mol. The maximum atomic E-state index is 13.2. The number of aliphatic carboxylic acids is 1. The first-order valence-electron chi connectivity index (χ1n) is 6.12. The molecule has 21 heavy (non-hydrogen) atoms. The van der Waals surface area contributed by atoms with Crippen LogP contribution in [0.2, 0.25) is 0 Å². The fraction of sp³-hybridized carbons (Fsp3) is 0.385. The standard InChI is InChI=1S/C13H12F3NO3S/c14-6-1-2-10(21-5-11(15)16)9(3-6)17-12(18)7-4-8(7)13(19)20/h1-3,7-8,11H,4-5H2,(H,17,18)(H,19,20). The zero-order valence-corrected chi connectivity index (χ0v) is 11.5. The number of alkyl halides is 2. The van der Waals surface area contributed by atoms with Crippen LogP contribution in [-0.4, -0.2) is 29.2 Å². The molecule has 1 aliphatic carbocycles. The number of hydrogen-bond acceptors (Lipinski definition) is 3. The van der Waals surface area contributed by atoms with Crippen molar-refractivity contribution in [1.82, 2.24) is 0 Å². The summed E-state index contributed by atoms with van der Waals surface area (Å²) in [5.41, 5.74) is 0.0849. The van der Waals surface area contributed by atoms with Crippen LogP contribution in [0.5, 0.6) is 0 Å². The molecule has 0 heterocycles. The maximum absolute atomic E-state index is 13.2. The van der Waals surface area contributed by atoms with E-state index in [1.54, 1.807) is 0 Å². The van der Waals surface area contributed by atoms with Crippen molar-refractivity contribution in [2.24, 2.45) is 11.8 Å². The number of carboxylic acid groups (broad SMARTS) is 1. The molecule has 1 amide bonds. The van der Waals surface area contributed by atoms with Gasteiger partial charge in [-0.25, -0.2) is 13.2 Å². The van der Waals surface area contributed by atoms with E-state index in [9.17, 15) is 22.8 Å². The van der Waals surface area contributed by atoms with Crippen molar-refractivity contribution in [3.8, 4) is 0 Å². The summed E-state index contributed by atoms with van der Waals surface area (Å²) in [6.45, 7) is 0. The van der Waals surface area contributed by atoms with Gasteiger partial charge in [-0.15, -0.1) is 11.8 Å². The number of amides is 1. The highest BCUT2D eigenvalue weighted by Crippen LogP contribution is 2.40. The first kappa shape index (κ1) is 15.7. The quantitative estimate of drug-likeness (QED) is 0.791. The van der Waals surface area contributed by atoms with E-state index in [0.29, 0.717) is 4.90 Å². The molecule has 0 bridgehead atoms. The molecule has 4 nitrogen and oxygen atoms in total. The highest BCUT2D eigenvalue weighted by molar-refractivity contribution is 7.99. The summed E-state index contributed by atoms with van der Waals surface area (Å²) in [6.07, 6.45) is -2.29. The van der Waals surface area contributed by atoms with Crippen molar-refractivity contribution in [3.05, 3.63) is 24.0 Å². The normalized spacial score (nSPS) is 20.4. The maximum Gasteiger partial charge on any atom is 0.307 e. The Kier molecular flexibility index (Phi) is 4.76. The van der Waals surface area contributed by atoms with Gasteiger partial charge in [0.25, 0.3) is 0 Å². The fourth-order valence-electron chi connectivity index (χ4n) is 1.86. The summed E-state index contributed by atoms with van der Waals surface area (Å²) in [5.74, 6) is -4.06. The second kappa shape index (κ2) is 6.38. The third-order valence-corrected chi connectivity index (χ3v) is 4.09. The summed E-state index contributed by atoms with van der Waals surface area (Å²) in [5, 5.41) is 11.2. The first-order chi connectivity index (χ1) is 9.88. The molecule has 0 aliphatic heterocycles. The molecule has 0 saturated heterocycles. The van der Waals surface area contributed by atoms with Crippen LogP contribution in [0, 0.1) is 17.7 Å². The Morgan fingerprint density at radius 3 is 2.67 bits per heavy atom. The first-order valence-corrected chi connectivity index (χ1v) is 7.11. The summed E-state index contributed by atoms with van der Waals surface area (Å²) in [7, 11) is 0. The van der Waals surface area contributed by atoms with Crippen LogP contribution in [0.25, 0.3) is 0 Å². The summed E-state index contributed by atoms with van der Waals surface area (Å²) >= 11 is 0.797. The molecular weight excluding hydrogens is 307 g/mol. The van der Waals surface area contributed by atoms with Crippen LogP contribution >= 0.6 is 11.8 Å². The monoisotopic (exact) mass is 319 g/mol. The minimum absolute atomic E-state index is 0.0849. The lowest BCUT2D eigenvalue weighted by atomic mass is 10.2. The Bertz CT molecular complexity index is 568. The molecule has 114 valence electrons. The molecule has 8 heteroatoms. The van der Waals surface area contributed by atoms with Gasteiger partial charge in [0.15, 0.2) is 0 Å². The summed E-state index contributed by atoms with van der Waals surface area (Å²) in [6, 6.07) is 3.45. The minimum atomic E-state index is -2.52. The molecule has 1 aromatic carbocycles. The Morgan fingerprint density at radius 1 is 1.38 bits per heavy atom. The van der Waals surface area contributed by atoms with Crippen molar-refractivity contribution in [2.45, 2.75) is 17.7 Å². The highest BCUT2D eigenvalue weighted by Gasteiger charge is 2.48. The van der Waals surface area contributed by atoms with Crippen LogP contribution in [-0.2, 0) is 9.59 Å². The highest BCUT2D eigenvalue weighted by atomic mass is 32.2. The van der Waals surface area contributed by atoms with Gasteiger partial charge in [-0.3, -0.25) is 9.59 Å².